The fourth-order valence-corrected chi connectivity index (χ4v) is 2.26. The first kappa shape index (κ1) is 15.9. The van der Waals surface area contributed by atoms with Crippen LogP contribution < -0.4 is 5.32 Å². The van der Waals surface area contributed by atoms with Crippen molar-refractivity contribution in [2.75, 3.05) is 5.32 Å². The molecule has 0 radical (unpaired) electrons. The van der Waals surface area contributed by atoms with Gasteiger partial charge in [0.05, 0.1) is 18.2 Å². The van der Waals surface area contributed by atoms with E-state index < -0.39 is 11.7 Å². The van der Waals surface area contributed by atoms with Gasteiger partial charge in [-0.15, -0.1) is 0 Å². The highest BCUT2D eigenvalue weighted by atomic mass is 19.4. The summed E-state index contributed by atoms with van der Waals surface area (Å²) >= 11 is 0. The Balaban J connectivity index is 2.32. The summed E-state index contributed by atoms with van der Waals surface area (Å²) in [5, 5.41) is 3.11. The zero-order chi connectivity index (χ0) is 16.2. The molecule has 1 N–H and O–H groups in total. The van der Waals surface area contributed by atoms with Crippen molar-refractivity contribution in [3.63, 3.8) is 0 Å². The minimum Gasteiger partial charge on any atom is -0.378 e. The summed E-state index contributed by atoms with van der Waals surface area (Å²) in [5.74, 6) is 0. The molecule has 0 fully saturated rings. The summed E-state index contributed by atoms with van der Waals surface area (Å²) in [7, 11) is 0. The molecule has 22 heavy (non-hydrogen) atoms. The lowest BCUT2D eigenvalue weighted by molar-refractivity contribution is -0.136. The Morgan fingerprint density at radius 3 is 2.36 bits per heavy atom. The van der Waals surface area contributed by atoms with E-state index in [1.165, 1.54) is 12.1 Å². The van der Waals surface area contributed by atoms with Crippen molar-refractivity contribution in [1.29, 1.82) is 0 Å². The number of hydrogen-bond donors (Lipinski definition) is 1. The molecule has 0 amide bonds. The number of halogens is 3. The Bertz CT molecular complexity index is 673. The summed E-state index contributed by atoms with van der Waals surface area (Å²) in [6.45, 7) is 8.81. The molecule has 0 unspecified atom stereocenters. The third kappa shape index (κ3) is 3.59. The topological polar surface area (TPSA) is 16.4 Å². The molecule has 0 aromatic heterocycles. The van der Waals surface area contributed by atoms with Gasteiger partial charge in [-0.2, -0.15) is 13.2 Å². The smallest absolute Gasteiger partial charge is 0.378 e. The monoisotopic (exact) mass is 304 g/mol. The second kappa shape index (κ2) is 6.52. The van der Waals surface area contributed by atoms with Crippen molar-refractivity contribution in [2.24, 2.45) is 0 Å². The fraction of sp³-hybridized carbons (Fsp3) is 0.235. The number of anilines is 1. The van der Waals surface area contributed by atoms with Gasteiger partial charge in [-0.3, -0.25) is 0 Å². The first-order valence-corrected chi connectivity index (χ1v) is 6.86. The fourth-order valence-electron chi connectivity index (χ4n) is 2.26. The molecule has 0 heterocycles. The van der Waals surface area contributed by atoms with Gasteiger partial charge in [0.15, 0.2) is 5.69 Å². The van der Waals surface area contributed by atoms with Gasteiger partial charge < -0.3 is 5.32 Å². The van der Waals surface area contributed by atoms with Gasteiger partial charge in [0, 0.05) is 5.69 Å². The van der Waals surface area contributed by atoms with Crippen LogP contribution in [-0.4, -0.2) is 0 Å². The molecular weight excluding hydrogens is 289 g/mol. The van der Waals surface area contributed by atoms with Crippen LogP contribution in [0.2, 0.25) is 0 Å². The Morgan fingerprint density at radius 1 is 1.14 bits per heavy atom. The average molecular weight is 304 g/mol. The molecule has 2 rings (SSSR count). The molecule has 5 heteroatoms. The van der Waals surface area contributed by atoms with E-state index in [1.807, 2.05) is 37.3 Å². The maximum absolute atomic E-state index is 13.0. The van der Waals surface area contributed by atoms with Crippen molar-refractivity contribution in [2.45, 2.75) is 25.6 Å². The van der Waals surface area contributed by atoms with Crippen LogP contribution in [0.15, 0.2) is 48.5 Å². The van der Waals surface area contributed by atoms with Crippen LogP contribution in [0.5, 0.6) is 0 Å². The molecule has 0 aliphatic heterocycles. The van der Waals surface area contributed by atoms with Crippen LogP contribution in [0.3, 0.4) is 0 Å². The van der Waals surface area contributed by atoms with Crippen LogP contribution in [-0.2, 0) is 6.18 Å². The maximum atomic E-state index is 13.0. The zero-order valence-electron chi connectivity index (χ0n) is 12.0. The van der Waals surface area contributed by atoms with Gasteiger partial charge in [-0.05, 0) is 24.1 Å². The molecule has 0 aliphatic carbocycles. The Kier molecular flexibility index (Phi) is 4.71. The summed E-state index contributed by atoms with van der Waals surface area (Å²) in [4.78, 5) is 2.94. The SMILES string of the molecule is [C-]#[N+]c1ccc(N[C@H](CC)c2ccccc2)cc1C(F)(F)F. The number of nitrogens with zero attached hydrogens (tertiary/aromatic N) is 1. The van der Waals surface area contributed by atoms with Gasteiger partial charge in [0.25, 0.3) is 0 Å². The number of alkyl halides is 3. The number of hydrogen-bond acceptors (Lipinski definition) is 1. The van der Waals surface area contributed by atoms with E-state index in [2.05, 4.69) is 10.2 Å². The highest BCUT2D eigenvalue weighted by Crippen LogP contribution is 2.38. The number of nitrogens with one attached hydrogen (secondary N) is 1. The standard InChI is InChI=1S/C17H15F3N2/c1-3-15(12-7-5-4-6-8-12)22-13-9-10-16(21-2)14(11-13)17(18,19)20/h4-11,15,22H,3H2,1H3/t15-/m1/s1. The van der Waals surface area contributed by atoms with Crippen LogP contribution in [0.1, 0.15) is 30.5 Å². The van der Waals surface area contributed by atoms with Crippen molar-refractivity contribution in [3.8, 4) is 0 Å². The highest BCUT2D eigenvalue weighted by Gasteiger charge is 2.33. The minimum absolute atomic E-state index is 0.0823. The summed E-state index contributed by atoms with van der Waals surface area (Å²) < 4.78 is 39.0. The molecular formula is C17H15F3N2. The molecule has 114 valence electrons. The number of rotatable bonds is 4. The van der Waals surface area contributed by atoms with Crippen molar-refractivity contribution in [3.05, 3.63) is 71.1 Å². The minimum atomic E-state index is -4.54. The van der Waals surface area contributed by atoms with Gasteiger partial charge in [0.2, 0.25) is 0 Å². The molecule has 0 bridgehead atoms. The second-order valence-electron chi connectivity index (χ2n) is 4.86. The predicted octanol–water partition coefficient (Wildman–Crippen LogP) is 5.82. The molecule has 2 nitrogen and oxygen atoms in total. The van der Waals surface area contributed by atoms with E-state index in [-0.39, 0.29) is 11.7 Å². The van der Waals surface area contributed by atoms with Crippen molar-refractivity contribution in [1.82, 2.24) is 0 Å². The van der Waals surface area contributed by atoms with Crippen LogP contribution in [0.4, 0.5) is 24.5 Å². The quantitative estimate of drug-likeness (QED) is 0.704. The summed E-state index contributed by atoms with van der Waals surface area (Å²) in [6, 6.07) is 13.2. The lowest BCUT2D eigenvalue weighted by atomic mass is 10.0. The molecule has 0 spiro atoms. The maximum Gasteiger partial charge on any atom is 0.407 e. The van der Waals surface area contributed by atoms with Crippen molar-refractivity contribution >= 4 is 11.4 Å². The van der Waals surface area contributed by atoms with E-state index in [0.29, 0.717) is 5.69 Å². The van der Waals surface area contributed by atoms with E-state index in [1.54, 1.807) is 0 Å². The van der Waals surface area contributed by atoms with E-state index in [4.69, 9.17) is 6.57 Å². The Morgan fingerprint density at radius 2 is 1.82 bits per heavy atom. The molecule has 2 aromatic rings. The number of benzene rings is 2. The third-order valence-corrected chi connectivity index (χ3v) is 3.37. The van der Waals surface area contributed by atoms with Crippen LogP contribution in [0, 0.1) is 6.57 Å². The lowest BCUT2D eigenvalue weighted by Crippen LogP contribution is -2.11. The van der Waals surface area contributed by atoms with E-state index in [0.717, 1.165) is 18.1 Å². The first-order valence-electron chi connectivity index (χ1n) is 6.86. The average Bonchev–Trinajstić information content (AvgIpc) is 2.52. The van der Waals surface area contributed by atoms with Gasteiger partial charge in [-0.25, -0.2) is 4.85 Å². The molecule has 1 atom stereocenters. The lowest BCUT2D eigenvalue weighted by Gasteiger charge is -2.20. The second-order valence-corrected chi connectivity index (χ2v) is 4.86. The molecule has 2 aromatic carbocycles. The van der Waals surface area contributed by atoms with Gasteiger partial charge in [0.1, 0.15) is 0 Å². The first-order chi connectivity index (χ1) is 10.5. The Hall–Kier alpha value is -2.48. The summed E-state index contributed by atoms with van der Waals surface area (Å²) in [5.41, 5.74) is 0.0736. The Labute approximate surface area is 127 Å². The largest absolute Gasteiger partial charge is 0.407 e. The van der Waals surface area contributed by atoms with Crippen molar-refractivity contribution < 1.29 is 13.2 Å². The molecule has 0 saturated carbocycles. The zero-order valence-corrected chi connectivity index (χ0v) is 12.0. The van der Waals surface area contributed by atoms with Gasteiger partial charge in [-0.1, -0.05) is 43.3 Å². The van der Waals surface area contributed by atoms with Crippen LogP contribution >= 0.6 is 0 Å². The normalized spacial score (nSPS) is 12.5. The van der Waals surface area contributed by atoms with Gasteiger partial charge >= 0.3 is 6.18 Å². The third-order valence-electron chi connectivity index (χ3n) is 3.37. The summed E-state index contributed by atoms with van der Waals surface area (Å²) in [6.07, 6.45) is -3.80. The molecule has 0 aliphatic rings. The highest BCUT2D eigenvalue weighted by molar-refractivity contribution is 5.62. The van der Waals surface area contributed by atoms with E-state index >= 15 is 0 Å². The predicted molar refractivity (Wildman–Crippen MR) is 80.8 cm³/mol. The van der Waals surface area contributed by atoms with E-state index in [9.17, 15) is 13.2 Å². The molecule has 0 saturated heterocycles. The van der Waals surface area contributed by atoms with Crippen LogP contribution in [0.25, 0.3) is 4.85 Å².